The summed E-state index contributed by atoms with van der Waals surface area (Å²) < 4.78 is 0. The van der Waals surface area contributed by atoms with Crippen LogP contribution >= 0.6 is 11.8 Å². The average molecular weight is 269 g/mol. The topological polar surface area (TPSA) is 27.6 Å². The summed E-state index contributed by atoms with van der Waals surface area (Å²) in [6, 6.07) is 0. The van der Waals surface area contributed by atoms with Crippen LogP contribution in [0.25, 0.3) is 0 Å². The van der Waals surface area contributed by atoms with Crippen molar-refractivity contribution < 1.29 is 0 Å². The quantitative estimate of drug-likeness (QED) is 0.850. The van der Waals surface area contributed by atoms with Gasteiger partial charge in [0.15, 0.2) is 5.17 Å². The maximum Gasteiger partial charge on any atom is 0.157 e. The third-order valence-electron chi connectivity index (χ3n) is 4.54. The lowest BCUT2D eigenvalue weighted by Gasteiger charge is -2.28. The molecule has 2 fully saturated rings. The van der Waals surface area contributed by atoms with Crippen LogP contribution in [-0.4, -0.2) is 48.0 Å². The number of likely N-dealkylation sites (tertiary alicyclic amines) is 1. The van der Waals surface area contributed by atoms with Gasteiger partial charge in [-0.1, -0.05) is 25.6 Å². The van der Waals surface area contributed by atoms with E-state index in [4.69, 9.17) is 4.99 Å². The molecule has 0 saturated carbocycles. The first-order valence-corrected chi connectivity index (χ1v) is 8.30. The number of hydrogen-bond acceptors (Lipinski definition) is 3. The van der Waals surface area contributed by atoms with E-state index in [2.05, 4.69) is 31.1 Å². The fraction of sp³-hybridized carbons (Fsp3) is 0.929. The molecular weight excluding hydrogens is 242 g/mol. The Morgan fingerprint density at radius 2 is 2.00 bits per heavy atom. The van der Waals surface area contributed by atoms with Crippen LogP contribution in [-0.2, 0) is 0 Å². The van der Waals surface area contributed by atoms with E-state index in [1.165, 1.54) is 49.7 Å². The monoisotopic (exact) mass is 269 g/mol. The van der Waals surface area contributed by atoms with Crippen molar-refractivity contribution in [2.45, 2.75) is 45.1 Å². The molecule has 0 aromatic carbocycles. The number of piperidine rings is 1. The Balaban J connectivity index is 1.81. The highest BCUT2D eigenvalue weighted by Gasteiger charge is 2.33. The van der Waals surface area contributed by atoms with Gasteiger partial charge < -0.3 is 10.2 Å². The van der Waals surface area contributed by atoms with E-state index in [9.17, 15) is 0 Å². The number of thioether (sulfide) groups is 1. The fourth-order valence-corrected chi connectivity index (χ4v) is 4.03. The molecule has 3 nitrogen and oxygen atoms in total. The first-order chi connectivity index (χ1) is 8.67. The largest absolute Gasteiger partial charge is 0.359 e. The predicted octanol–water partition coefficient (Wildman–Crippen LogP) is 2.58. The van der Waals surface area contributed by atoms with Crippen molar-refractivity contribution in [1.29, 1.82) is 0 Å². The third-order valence-corrected chi connectivity index (χ3v) is 5.74. The number of rotatable bonds is 4. The predicted molar refractivity (Wildman–Crippen MR) is 81.4 cm³/mol. The summed E-state index contributed by atoms with van der Waals surface area (Å²) in [5, 5.41) is 4.85. The maximum absolute atomic E-state index is 4.81. The zero-order valence-corrected chi connectivity index (χ0v) is 12.9. The molecule has 4 heteroatoms. The van der Waals surface area contributed by atoms with Gasteiger partial charge in [-0.15, -0.1) is 0 Å². The van der Waals surface area contributed by atoms with Gasteiger partial charge >= 0.3 is 0 Å². The summed E-state index contributed by atoms with van der Waals surface area (Å²) in [5.41, 5.74) is 0.316. The summed E-state index contributed by atoms with van der Waals surface area (Å²) in [6.07, 6.45) is 5.02. The van der Waals surface area contributed by atoms with Crippen LogP contribution in [0.4, 0.5) is 0 Å². The summed E-state index contributed by atoms with van der Waals surface area (Å²) >= 11 is 1.92. The number of amidine groups is 1. The Morgan fingerprint density at radius 1 is 1.33 bits per heavy atom. The van der Waals surface area contributed by atoms with Crippen molar-refractivity contribution in [3.63, 3.8) is 0 Å². The summed E-state index contributed by atoms with van der Waals surface area (Å²) in [7, 11) is 2.22. The van der Waals surface area contributed by atoms with Gasteiger partial charge in [-0.25, -0.2) is 0 Å². The molecule has 0 spiro atoms. The molecule has 0 atom stereocenters. The molecule has 18 heavy (non-hydrogen) atoms. The van der Waals surface area contributed by atoms with Gasteiger partial charge in [0.1, 0.15) is 0 Å². The lowest BCUT2D eigenvalue weighted by molar-refractivity contribution is 0.223. The lowest BCUT2D eigenvalue weighted by atomic mass is 9.96. The van der Waals surface area contributed by atoms with E-state index in [0.717, 1.165) is 12.5 Å². The molecule has 104 valence electrons. The van der Waals surface area contributed by atoms with Crippen LogP contribution in [0.15, 0.2) is 4.99 Å². The molecule has 2 aliphatic rings. The molecule has 2 heterocycles. The third kappa shape index (κ3) is 3.41. The summed E-state index contributed by atoms with van der Waals surface area (Å²) in [6.45, 7) is 8.05. The van der Waals surface area contributed by atoms with Gasteiger partial charge in [-0.2, -0.15) is 0 Å². The second-order valence-electron chi connectivity index (χ2n) is 5.79. The first kappa shape index (κ1) is 14.2. The Kier molecular flexibility index (Phi) is 4.96. The number of hydrogen-bond donors (Lipinski definition) is 1. The number of nitrogens with one attached hydrogen (secondary N) is 1. The van der Waals surface area contributed by atoms with Crippen molar-refractivity contribution in [2.75, 3.05) is 32.4 Å². The maximum atomic E-state index is 4.81. The minimum absolute atomic E-state index is 0.316. The van der Waals surface area contributed by atoms with Crippen molar-refractivity contribution in [2.24, 2.45) is 10.9 Å². The highest BCUT2D eigenvalue weighted by Crippen LogP contribution is 2.29. The van der Waals surface area contributed by atoms with Crippen LogP contribution in [0.1, 0.15) is 39.5 Å². The molecule has 2 saturated heterocycles. The summed E-state index contributed by atoms with van der Waals surface area (Å²) in [4.78, 5) is 7.24. The van der Waals surface area contributed by atoms with Crippen LogP contribution in [0, 0.1) is 5.92 Å². The van der Waals surface area contributed by atoms with Crippen molar-refractivity contribution in [1.82, 2.24) is 10.2 Å². The Bertz CT molecular complexity index is 291. The van der Waals surface area contributed by atoms with Crippen molar-refractivity contribution in [3.8, 4) is 0 Å². The molecular formula is C14H27N3S. The molecule has 0 bridgehead atoms. The minimum atomic E-state index is 0.316. The van der Waals surface area contributed by atoms with Gasteiger partial charge in [0.25, 0.3) is 0 Å². The van der Waals surface area contributed by atoms with Crippen LogP contribution in [0.3, 0.4) is 0 Å². The average Bonchev–Trinajstić information content (AvgIpc) is 2.82. The van der Waals surface area contributed by atoms with Crippen molar-refractivity contribution >= 4 is 16.9 Å². The first-order valence-electron chi connectivity index (χ1n) is 7.31. The molecule has 0 unspecified atom stereocenters. The molecule has 0 aromatic heterocycles. The number of aliphatic imine (C=N–C) groups is 1. The Labute approximate surface area is 116 Å². The van der Waals surface area contributed by atoms with Crippen molar-refractivity contribution in [3.05, 3.63) is 0 Å². The molecule has 1 N–H and O–H groups in total. The second kappa shape index (κ2) is 6.29. The van der Waals surface area contributed by atoms with Gasteiger partial charge in [-0.3, -0.25) is 4.99 Å². The van der Waals surface area contributed by atoms with E-state index < -0.39 is 0 Å². The fourth-order valence-electron chi connectivity index (χ4n) is 2.68. The van der Waals surface area contributed by atoms with E-state index >= 15 is 0 Å². The number of nitrogens with zero attached hydrogens (tertiary/aromatic N) is 2. The van der Waals surface area contributed by atoms with E-state index in [-0.39, 0.29) is 0 Å². The normalized spacial score (nSPS) is 27.6. The minimum Gasteiger partial charge on any atom is -0.359 e. The SMILES string of the molecule is CCC1(CC)CSC(=NCC2CCN(C)CC2)N1. The van der Waals surface area contributed by atoms with Crippen LogP contribution in [0.5, 0.6) is 0 Å². The van der Waals surface area contributed by atoms with Gasteiger partial charge in [0.2, 0.25) is 0 Å². The zero-order chi connectivity index (χ0) is 13.0. The highest BCUT2D eigenvalue weighted by atomic mass is 32.2. The molecule has 0 aromatic rings. The Hall–Kier alpha value is -0.220. The van der Waals surface area contributed by atoms with Gasteiger partial charge in [0.05, 0.1) is 0 Å². The van der Waals surface area contributed by atoms with E-state index in [1.54, 1.807) is 0 Å². The molecule has 0 amide bonds. The molecule has 2 aliphatic heterocycles. The molecule has 0 radical (unpaired) electrons. The molecule has 0 aliphatic carbocycles. The highest BCUT2D eigenvalue weighted by molar-refractivity contribution is 8.14. The van der Waals surface area contributed by atoms with Gasteiger partial charge in [0, 0.05) is 17.8 Å². The second-order valence-corrected chi connectivity index (χ2v) is 6.76. The van der Waals surface area contributed by atoms with Gasteiger partial charge in [-0.05, 0) is 51.7 Å². The zero-order valence-electron chi connectivity index (χ0n) is 12.0. The Morgan fingerprint density at radius 3 is 2.56 bits per heavy atom. The summed E-state index contributed by atoms with van der Waals surface area (Å²) in [5.74, 6) is 1.99. The van der Waals surface area contributed by atoms with E-state index in [1.807, 2.05) is 11.8 Å². The van der Waals surface area contributed by atoms with Crippen LogP contribution < -0.4 is 5.32 Å². The smallest absolute Gasteiger partial charge is 0.157 e. The lowest BCUT2D eigenvalue weighted by Crippen LogP contribution is -2.42. The van der Waals surface area contributed by atoms with Crippen LogP contribution in [0.2, 0.25) is 0 Å². The standard InChI is InChI=1S/C14H27N3S/c1-4-14(5-2)11-18-13(16-14)15-10-12-6-8-17(3)9-7-12/h12H,4-11H2,1-3H3,(H,15,16). The van der Waals surface area contributed by atoms with E-state index in [0.29, 0.717) is 5.54 Å². The molecule has 2 rings (SSSR count).